The third-order valence-electron chi connectivity index (χ3n) is 2.39. The number of esters is 1. The van der Waals surface area contributed by atoms with Crippen LogP contribution in [0, 0.1) is 0 Å². The lowest BCUT2D eigenvalue weighted by atomic mass is 10.2. The molecule has 0 aliphatic heterocycles. The summed E-state index contributed by atoms with van der Waals surface area (Å²) in [4.78, 5) is 22.2. The fraction of sp³-hybridized carbons (Fsp3) is 0.636. The number of carbonyl (C=O) groups is 2. The van der Waals surface area contributed by atoms with E-state index in [4.69, 9.17) is 0 Å². The molecule has 18 heavy (non-hydrogen) atoms. The van der Waals surface area contributed by atoms with E-state index in [1.165, 1.54) is 18.0 Å². The van der Waals surface area contributed by atoms with Gasteiger partial charge in [0.15, 0.2) is 0 Å². The minimum Gasteiger partial charge on any atom is -0.469 e. The van der Waals surface area contributed by atoms with Gasteiger partial charge < -0.3 is 10.1 Å². The molecule has 100 valence electrons. The van der Waals surface area contributed by atoms with Crippen molar-refractivity contribution in [2.45, 2.75) is 32.2 Å². The second-order valence-electron chi connectivity index (χ2n) is 3.84. The Bertz CT molecular complexity index is 364. The van der Waals surface area contributed by atoms with E-state index in [0.717, 1.165) is 19.3 Å². The van der Waals surface area contributed by atoms with Gasteiger partial charge in [0, 0.05) is 19.2 Å². The zero-order valence-corrected chi connectivity index (χ0v) is 10.5. The highest BCUT2D eigenvalue weighted by Crippen LogP contribution is 1.99. The Kier molecular flexibility index (Phi) is 6.45. The largest absolute Gasteiger partial charge is 0.469 e. The molecule has 1 rings (SSSR count). The monoisotopic (exact) mass is 254 g/mol. The number of methoxy groups -OCH3 is 1. The number of nitrogens with zero attached hydrogens (tertiary/aromatic N) is 3. The molecule has 1 heterocycles. The lowest BCUT2D eigenvalue weighted by Crippen LogP contribution is -2.28. The first-order valence-corrected chi connectivity index (χ1v) is 5.90. The Hall–Kier alpha value is -1.92. The molecule has 0 fully saturated rings. The molecule has 0 bridgehead atoms. The van der Waals surface area contributed by atoms with Crippen molar-refractivity contribution in [3.05, 3.63) is 12.4 Å². The number of hydrogen-bond acceptors (Lipinski definition) is 5. The summed E-state index contributed by atoms with van der Waals surface area (Å²) in [5, 5.41) is 10.1. The summed E-state index contributed by atoms with van der Waals surface area (Å²) in [6.45, 7) is 0.789. The van der Waals surface area contributed by atoms with Gasteiger partial charge >= 0.3 is 5.97 Å². The number of ether oxygens (including phenoxy) is 1. The smallest absolute Gasteiger partial charge is 0.305 e. The Balaban J connectivity index is 1.97. The van der Waals surface area contributed by atoms with Crippen LogP contribution in [-0.2, 0) is 20.9 Å². The number of aromatic nitrogens is 3. The van der Waals surface area contributed by atoms with Crippen LogP contribution < -0.4 is 5.32 Å². The number of nitrogens with one attached hydrogen (secondary N) is 1. The first kappa shape index (κ1) is 14.1. The molecule has 0 aliphatic carbocycles. The van der Waals surface area contributed by atoms with E-state index in [-0.39, 0.29) is 18.4 Å². The van der Waals surface area contributed by atoms with Crippen LogP contribution >= 0.6 is 0 Å². The van der Waals surface area contributed by atoms with Crippen molar-refractivity contribution in [2.75, 3.05) is 13.7 Å². The van der Waals surface area contributed by atoms with Crippen LogP contribution in [0.4, 0.5) is 0 Å². The van der Waals surface area contributed by atoms with E-state index in [0.29, 0.717) is 13.0 Å². The molecule has 0 saturated heterocycles. The molecule has 0 radical (unpaired) electrons. The first-order valence-electron chi connectivity index (χ1n) is 5.90. The van der Waals surface area contributed by atoms with Crippen LogP contribution in [0.25, 0.3) is 0 Å². The maximum absolute atomic E-state index is 11.4. The molecule has 0 atom stereocenters. The Labute approximate surface area is 105 Å². The van der Waals surface area contributed by atoms with Crippen molar-refractivity contribution >= 4 is 11.9 Å². The highest BCUT2D eigenvalue weighted by molar-refractivity contribution is 5.75. The van der Waals surface area contributed by atoms with Gasteiger partial charge in [-0.25, -0.2) is 4.68 Å². The molecule has 1 aromatic rings. The zero-order chi connectivity index (χ0) is 13.2. The van der Waals surface area contributed by atoms with Crippen LogP contribution in [0.3, 0.4) is 0 Å². The number of amides is 1. The van der Waals surface area contributed by atoms with Crippen molar-refractivity contribution < 1.29 is 14.3 Å². The van der Waals surface area contributed by atoms with Crippen LogP contribution in [0.5, 0.6) is 0 Å². The maximum atomic E-state index is 11.4. The maximum Gasteiger partial charge on any atom is 0.305 e. The van der Waals surface area contributed by atoms with Gasteiger partial charge in [-0.3, -0.25) is 9.59 Å². The molecule has 1 amide bonds. The van der Waals surface area contributed by atoms with Gasteiger partial charge in [-0.05, 0) is 12.8 Å². The lowest BCUT2D eigenvalue weighted by Gasteiger charge is -2.04. The third-order valence-corrected chi connectivity index (χ3v) is 2.39. The van der Waals surface area contributed by atoms with E-state index in [2.05, 4.69) is 20.4 Å². The lowest BCUT2D eigenvalue weighted by molar-refractivity contribution is -0.140. The van der Waals surface area contributed by atoms with Gasteiger partial charge in [-0.15, -0.1) is 5.10 Å². The molecule has 7 nitrogen and oxygen atoms in total. The average Bonchev–Trinajstić information content (AvgIpc) is 2.85. The highest BCUT2D eigenvalue weighted by atomic mass is 16.5. The van der Waals surface area contributed by atoms with Crippen molar-refractivity contribution in [1.29, 1.82) is 0 Å². The Morgan fingerprint density at radius 1 is 1.33 bits per heavy atom. The molecule has 0 aromatic carbocycles. The SMILES string of the molecule is COC(=O)CCCCCNC(=O)Cn1ccnn1. The topological polar surface area (TPSA) is 86.1 Å². The number of rotatable bonds is 8. The summed E-state index contributed by atoms with van der Waals surface area (Å²) in [6.07, 6.45) is 6.11. The number of unbranched alkanes of at least 4 members (excludes halogenated alkanes) is 2. The molecule has 1 N–H and O–H groups in total. The van der Waals surface area contributed by atoms with Gasteiger partial charge in [-0.1, -0.05) is 11.6 Å². The molecule has 0 spiro atoms. The predicted molar refractivity (Wildman–Crippen MR) is 63.5 cm³/mol. The summed E-state index contributed by atoms with van der Waals surface area (Å²) >= 11 is 0. The van der Waals surface area contributed by atoms with E-state index in [9.17, 15) is 9.59 Å². The zero-order valence-electron chi connectivity index (χ0n) is 10.5. The molecule has 0 saturated carbocycles. The van der Waals surface area contributed by atoms with Crippen molar-refractivity contribution in [3.8, 4) is 0 Å². The summed E-state index contributed by atoms with van der Waals surface area (Å²) in [5.74, 6) is -0.279. The molecule has 1 aromatic heterocycles. The summed E-state index contributed by atoms with van der Waals surface area (Å²) < 4.78 is 5.99. The number of hydrogen-bond donors (Lipinski definition) is 1. The van der Waals surface area contributed by atoms with Crippen LogP contribution in [0.2, 0.25) is 0 Å². The van der Waals surface area contributed by atoms with E-state index in [1.807, 2.05) is 0 Å². The molecular weight excluding hydrogens is 236 g/mol. The summed E-state index contributed by atoms with van der Waals surface area (Å²) in [6, 6.07) is 0. The molecule has 0 aliphatic rings. The van der Waals surface area contributed by atoms with Crippen LogP contribution in [0.1, 0.15) is 25.7 Å². The minimum absolute atomic E-state index is 0.0894. The predicted octanol–water partition coefficient (Wildman–Crippen LogP) is 0.128. The fourth-order valence-corrected chi connectivity index (χ4v) is 1.42. The third kappa shape index (κ3) is 5.97. The number of carbonyl (C=O) groups excluding carboxylic acids is 2. The van der Waals surface area contributed by atoms with Gasteiger partial charge in [0.2, 0.25) is 5.91 Å². The van der Waals surface area contributed by atoms with E-state index in [1.54, 1.807) is 6.20 Å². The van der Waals surface area contributed by atoms with Crippen molar-refractivity contribution in [1.82, 2.24) is 20.3 Å². The molecular formula is C11H18N4O3. The van der Waals surface area contributed by atoms with Gasteiger partial charge in [0.05, 0.1) is 13.3 Å². The Morgan fingerprint density at radius 2 is 2.17 bits per heavy atom. The molecule has 7 heteroatoms. The molecule has 0 unspecified atom stereocenters. The quantitative estimate of drug-likeness (QED) is 0.526. The van der Waals surface area contributed by atoms with Crippen molar-refractivity contribution in [3.63, 3.8) is 0 Å². The van der Waals surface area contributed by atoms with Crippen LogP contribution in [0.15, 0.2) is 12.4 Å². The summed E-state index contributed by atoms with van der Waals surface area (Å²) in [7, 11) is 1.38. The van der Waals surface area contributed by atoms with Gasteiger partial charge in [0.1, 0.15) is 6.54 Å². The van der Waals surface area contributed by atoms with Crippen molar-refractivity contribution in [2.24, 2.45) is 0 Å². The van der Waals surface area contributed by atoms with E-state index >= 15 is 0 Å². The van der Waals surface area contributed by atoms with E-state index < -0.39 is 0 Å². The Morgan fingerprint density at radius 3 is 2.83 bits per heavy atom. The first-order chi connectivity index (χ1) is 8.72. The standard InChI is InChI=1S/C11H18N4O3/c1-18-11(17)5-3-2-4-6-12-10(16)9-15-8-7-13-14-15/h7-8H,2-6,9H2,1H3,(H,12,16). The normalized spacial score (nSPS) is 10.1. The second kappa shape index (κ2) is 8.21. The highest BCUT2D eigenvalue weighted by Gasteiger charge is 2.03. The second-order valence-corrected chi connectivity index (χ2v) is 3.84. The minimum atomic E-state index is -0.190. The average molecular weight is 254 g/mol. The fourth-order valence-electron chi connectivity index (χ4n) is 1.42. The van der Waals surface area contributed by atoms with Gasteiger partial charge in [-0.2, -0.15) is 0 Å². The van der Waals surface area contributed by atoms with Crippen LogP contribution in [-0.4, -0.2) is 40.5 Å². The summed E-state index contributed by atoms with van der Waals surface area (Å²) in [5.41, 5.74) is 0. The van der Waals surface area contributed by atoms with Gasteiger partial charge in [0.25, 0.3) is 0 Å².